The molecule has 1 aromatic rings. The highest BCUT2D eigenvalue weighted by Gasteiger charge is 2.18. The highest BCUT2D eigenvalue weighted by atomic mass is 35.5. The maximum absolute atomic E-state index is 11.7. The van der Waals surface area contributed by atoms with E-state index in [4.69, 9.17) is 11.6 Å². The predicted octanol–water partition coefficient (Wildman–Crippen LogP) is 1.94. The Morgan fingerprint density at radius 2 is 2.12 bits per heavy atom. The number of pyridine rings is 1. The van der Waals surface area contributed by atoms with Crippen molar-refractivity contribution in [3.8, 4) is 0 Å². The van der Waals surface area contributed by atoms with Crippen molar-refractivity contribution in [2.75, 3.05) is 30.1 Å². The molecule has 0 fully saturated rings. The second-order valence-corrected chi connectivity index (χ2v) is 6.14. The van der Waals surface area contributed by atoms with Crippen LogP contribution in [-0.2, 0) is 9.84 Å². The number of anilines is 1. The molecule has 17 heavy (non-hydrogen) atoms. The summed E-state index contributed by atoms with van der Waals surface area (Å²) in [7, 11) is -3.26. The monoisotopic (exact) mass is 276 g/mol. The Bertz CT molecular complexity index is 456. The minimum atomic E-state index is -3.26. The molecule has 1 aromatic heterocycles. The van der Waals surface area contributed by atoms with E-state index in [0.717, 1.165) is 13.0 Å². The molecule has 1 heterocycles. The molecule has 0 unspecified atom stereocenters. The van der Waals surface area contributed by atoms with E-state index in [1.165, 1.54) is 6.26 Å². The highest BCUT2D eigenvalue weighted by molar-refractivity contribution is 7.90. The van der Waals surface area contributed by atoms with Crippen molar-refractivity contribution >= 4 is 27.3 Å². The van der Waals surface area contributed by atoms with Crippen molar-refractivity contribution in [3.63, 3.8) is 0 Å². The van der Waals surface area contributed by atoms with Gasteiger partial charge < -0.3 is 4.90 Å². The van der Waals surface area contributed by atoms with Crippen molar-refractivity contribution in [2.24, 2.45) is 0 Å². The Labute approximate surface area is 108 Å². The zero-order valence-electron chi connectivity index (χ0n) is 10.1. The Morgan fingerprint density at radius 3 is 2.65 bits per heavy atom. The second kappa shape index (κ2) is 6.21. The van der Waals surface area contributed by atoms with Gasteiger partial charge in [-0.05, 0) is 18.6 Å². The van der Waals surface area contributed by atoms with Gasteiger partial charge in [0, 0.05) is 31.4 Å². The summed E-state index contributed by atoms with van der Waals surface area (Å²) in [6.45, 7) is 3.37. The standard InChI is InChI=1S/C11H17ClN2O2S/c1-3-8-14(9-6-12)11-10(17(2,15)16)5-4-7-13-11/h4-5,7H,3,6,8-9H2,1-2H3. The van der Waals surface area contributed by atoms with Gasteiger partial charge in [0.15, 0.2) is 9.84 Å². The Morgan fingerprint density at radius 1 is 1.41 bits per heavy atom. The number of hydrogen-bond acceptors (Lipinski definition) is 4. The van der Waals surface area contributed by atoms with Crippen LogP contribution in [0, 0.1) is 0 Å². The van der Waals surface area contributed by atoms with Crippen molar-refractivity contribution in [1.82, 2.24) is 4.98 Å². The minimum absolute atomic E-state index is 0.263. The summed E-state index contributed by atoms with van der Waals surface area (Å²) < 4.78 is 23.3. The molecule has 0 saturated heterocycles. The fourth-order valence-corrected chi connectivity index (χ4v) is 2.65. The predicted molar refractivity (Wildman–Crippen MR) is 70.6 cm³/mol. The fraction of sp³-hybridized carbons (Fsp3) is 0.545. The lowest BCUT2D eigenvalue weighted by molar-refractivity contribution is 0.600. The van der Waals surface area contributed by atoms with Gasteiger partial charge in [-0.3, -0.25) is 0 Å². The number of rotatable bonds is 6. The number of sulfone groups is 1. The van der Waals surface area contributed by atoms with Crippen LogP contribution in [0.25, 0.3) is 0 Å². The summed E-state index contributed by atoms with van der Waals surface area (Å²) >= 11 is 5.73. The third-order valence-electron chi connectivity index (χ3n) is 2.30. The topological polar surface area (TPSA) is 50.3 Å². The lowest BCUT2D eigenvalue weighted by Gasteiger charge is -2.23. The first-order valence-corrected chi connectivity index (χ1v) is 7.89. The van der Waals surface area contributed by atoms with E-state index in [2.05, 4.69) is 4.98 Å². The molecule has 0 amide bonds. The first-order chi connectivity index (χ1) is 8.00. The molecule has 0 spiro atoms. The van der Waals surface area contributed by atoms with Crippen molar-refractivity contribution in [1.29, 1.82) is 0 Å². The van der Waals surface area contributed by atoms with Gasteiger partial charge >= 0.3 is 0 Å². The summed E-state index contributed by atoms with van der Waals surface area (Å²) in [4.78, 5) is 6.34. The van der Waals surface area contributed by atoms with E-state index in [-0.39, 0.29) is 4.90 Å². The summed E-state index contributed by atoms with van der Waals surface area (Å²) in [6.07, 6.45) is 3.70. The summed E-state index contributed by atoms with van der Waals surface area (Å²) in [6, 6.07) is 3.21. The van der Waals surface area contributed by atoms with Gasteiger partial charge in [0.05, 0.1) is 0 Å². The highest BCUT2D eigenvalue weighted by Crippen LogP contribution is 2.22. The molecule has 0 aliphatic heterocycles. The van der Waals surface area contributed by atoms with E-state index < -0.39 is 9.84 Å². The van der Waals surface area contributed by atoms with Gasteiger partial charge in [-0.25, -0.2) is 13.4 Å². The SMILES string of the molecule is CCCN(CCCl)c1ncccc1S(C)(=O)=O. The minimum Gasteiger partial charge on any atom is -0.354 e. The molecular weight excluding hydrogens is 260 g/mol. The van der Waals surface area contributed by atoms with Gasteiger partial charge in [0.1, 0.15) is 10.7 Å². The molecule has 0 bridgehead atoms. The molecule has 1 rings (SSSR count). The van der Waals surface area contributed by atoms with E-state index in [0.29, 0.717) is 18.2 Å². The Hall–Kier alpha value is -0.810. The van der Waals surface area contributed by atoms with E-state index >= 15 is 0 Å². The number of alkyl halides is 1. The zero-order chi connectivity index (χ0) is 12.9. The maximum Gasteiger partial charge on any atom is 0.179 e. The number of aromatic nitrogens is 1. The summed E-state index contributed by atoms with van der Waals surface area (Å²) in [5.74, 6) is 0.942. The first-order valence-electron chi connectivity index (χ1n) is 5.46. The van der Waals surface area contributed by atoms with Gasteiger partial charge in [-0.1, -0.05) is 6.92 Å². The normalized spacial score (nSPS) is 11.5. The molecule has 96 valence electrons. The molecule has 0 aliphatic rings. The van der Waals surface area contributed by atoms with E-state index in [9.17, 15) is 8.42 Å². The Kier molecular flexibility index (Phi) is 5.21. The third-order valence-corrected chi connectivity index (χ3v) is 3.58. The maximum atomic E-state index is 11.7. The van der Waals surface area contributed by atoms with E-state index in [1.807, 2.05) is 11.8 Å². The van der Waals surface area contributed by atoms with Crippen molar-refractivity contribution in [2.45, 2.75) is 18.2 Å². The average molecular weight is 277 g/mol. The van der Waals surface area contributed by atoms with Gasteiger partial charge in [-0.2, -0.15) is 0 Å². The van der Waals surface area contributed by atoms with Gasteiger partial charge in [0.2, 0.25) is 0 Å². The van der Waals surface area contributed by atoms with E-state index in [1.54, 1.807) is 18.3 Å². The first kappa shape index (κ1) is 14.3. The van der Waals surface area contributed by atoms with Gasteiger partial charge in [-0.15, -0.1) is 11.6 Å². The van der Waals surface area contributed by atoms with Crippen LogP contribution in [0.15, 0.2) is 23.2 Å². The fourth-order valence-electron chi connectivity index (χ4n) is 1.60. The van der Waals surface area contributed by atoms with Gasteiger partial charge in [0.25, 0.3) is 0 Å². The van der Waals surface area contributed by atoms with Crippen LogP contribution in [0.5, 0.6) is 0 Å². The molecular formula is C11H17ClN2O2S. The van der Waals surface area contributed by atoms with Crippen molar-refractivity contribution < 1.29 is 8.42 Å². The van der Waals surface area contributed by atoms with Crippen LogP contribution in [0.1, 0.15) is 13.3 Å². The largest absolute Gasteiger partial charge is 0.354 e. The molecule has 0 aliphatic carbocycles. The number of nitrogens with zero attached hydrogens (tertiary/aromatic N) is 2. The average Bonchev–Trinajstić information content (AvgIpc) is 2.28. The smallest absolute Gasteiger partial charge is 0.179 e. The van der Waals surface area contributed by atoms with Crippen LogP contribution < -0.4 is 4.90 Å². The molecule has 0 saturated carbocycles. The third kappa shape index (κ3) is 3.85. The number of hydrogen-bond donors (Lipinski definition) is 0. The lowest BCUT2D eigenvalue weighted by atomic mass is 10.3. The summed E-state index contributed by atoms with van der Waals surface area (Å²) in [5, 5.41) is 0. The van der Waals surface area contributed by atoms with Crippen LogP contribution in [0.4, 0.5) is 5.82 Å². The molecule has 6 heteroatoms. The zero-order valence-corrected chi connectivity index (χ0v) is 11.6. The van der Waals surface area contributed by atoms with Crippen LogP contribution in [0.3, 0.4) is 0 Å². The lowest BCUT2D eigenvalue weighted by Crippen LogP contribution is -2.28. The molecule has 0 atom stereocenters. The van der Waals surface area contributed by atoms with Crippen LogP contribution in [-0.4, -0.2) is 38.6 Å². The van der Waals surface area contributed by atoms with Crippen LogP contribution >= 0.6 is 11.6 Å². The summed E-state index contributed by atoms with van der Waals surface area (Å²) in [5.41, 5.74) is 0. The second-order valence-electron chi connectivity index (χ2n) is 3.77. The molecule has 0 N–H and O–H groups in total. The molecule has 4 nitrogen and oxygen atoms in total. The van der Waals surface area contributed by atoms with Crippen molar-refractivity contribution in [3.05, 3.63) is 18.3 Å². The molecule has 0 radical (unpaired) electrons. The quantitative estimate of drug-likeness (QED) is 0.745. The number of halogens is 1. The molecule has 0 aromatic carbocycles. The Balaban J connectivity index is 3.18. The van der Waals surface area contributed by atoms with Crippen LogP contribution in [0.2, 0.25) is 0 Å².